The summed E-state index contributed by atoms with van der Waals surface area (Å²) < 4.78 is 4.95. The predicted octanol–water partition coefficient (Wildman–Crippen LogP) is 1.81. The van der Waals surface area contributed by atoms with Crippen molar-refractivity contribution in [3.05, 3.63) is 11.8 Å². The van der Waals surface area contributed by atoms with Crippen molar-refractivity contribution in [2.24, 2.45) is 11.8 Å². The number of amides is 3. The molecule has 2 aliphatic heterocycles. The number of aromatic nitrogens is 1. The van der Waals surface area contributed by atoms with E-state index in [2.05, 4.69) is 10.5 Å². The third kappa shape index (κ3) is 4.31. The Morgan fingerprint density at radius 3 is 2.41 bits per heavy atom. The number of aryl methyl sites for hydroxylation is 1. The minimum absolute atomic E-state index is 0.0288. The van der Waals surface area contributed by atoms with Crippen molar-refractivity contribution in [2.45, 2.75) is 52.5 Å². The van der Waals surface area contributed by atoms with Crippen LogP contribution in [0, 0.1) is 18.8 Å². The van der Waals surface area contributed by atoms with Crippen molar-refractivity contribution >= 4 is 23.5 Å². The van der Waals surface area contributed by atoms with E-state index in [9.17, 15) is 14.4 Å². The van der Waals surface area contributed by atoms with E-state index in [0.29, 0.717) is 44.1 Å². The molecule has 3 rings (SSSR count). The minimum Gasteiger partial charge on any atom is -0.360 e. The van der Waals surface area contributed by atoms with Crippen LogP contribution in [-0.2, 0) is 14.4 Å². The van der Waals surface area contributed by atoms with Crippen molar-refractivity contribution in [1.82, 2.24) is 15.0 Å². The van der Waals surface area contributed by atoms with Crippen molar-refractivity contribution in [3.63, 3.8) is 0 Å². The highest BCUT2D eigenvalue weighted by molar-refractivity contribution is 5.92. The second-order valence-electron chi connectivity index (χ2n) is 8.49. The zero-order chi connectivity index (χ0) is 19.8. The van der Waals surface area contributed by atoms with Crippen molar-refractivity contribution in [2.75, 3.05) is 25.0 Å². The number of piperidine rings is 1. The third-order valence-electron chi connectivity index (χ3n) is 5.34. The Hall–Kier alpha value is -2.38. The summed E-state index contributed by atoms with van der Waals surface area (Å²) in [5.74, 6) is 0.607. The van der Waals surface area contributed by atoms with Crippen molar-refractivity contribution in [3.8, 4) is 0 Å². The maximum Gasteiger partial charge on any atom is 0.228 e. The van der Waals surface area contributed by atoms with Crippen LogP contribution in [0.3, 0.4) is 0 Å². The largest absolute Gasteiger partial charge is 0.360 e. The molecule has 8 heteroatoms. The molecule has 0 aliphatic carbocycles. The summed E-state index contributed by atoms with van der Waals surface area (Å²) in [6, 6.07) is 1.68. The lowest BCUT2D eigenvalue weighted by Gasteiger charge is -2.34. The number of rotatable bonds is 3. The van der Waals surface area contributed by atoms with Gasteiger partial charge in [-0.2, -0.15) is 0 Å². The quantitative estimate of drug-likeness (QED) is 0.868. The molecule has 148 valence electrons. The van der Waals surface area contributed by atoms with Crippen LogP contribution in [0.15, 0.2) is 10.6 Å². The van der Waals surface area contributed by atoms with Crippen molar-refractivity contribution < 1.29 is 18.9 Å². The van der Waals surface area contributed by atoms with Gasteiger partial charge in [-0.05, 0) is 40.5 Å². The molecule has 2 aliphatic rings. The van der Waals surface area contributed by atoms with E-state index >= 15 is 0 Å². The van der Waals surface area contributed by atoms with E-state index in [1.807, 2.05) is 20.8 Å². The van der Waals surface area contributed by atoms with Crippen LogP contribution < -0.4 is 5.32 Å². The smallest absolute Gasteiger partial charge is 0.228 e. The molecule has 1 atom stereocenters. The standard InChI is InChI=1S/C19H28N4O4/c1-12-9-15(21-27-12)20-17(25)13-5-7-22(8-6-13)18(26)14-10-16(24)23(11-14)19(2,3)4/h9,13-14H,5-8,10-11H2,1-4H3,(H,20,21,25). The van der Waals surface area contributed by atoms with Gasteiger partial charge in [0, 0.05) is 43.6 Å². The minimum atomic E-state index is -0.278. The van der Waals surface area contributed by atoms with Gasteiger partial charge in [-0.1, -0.05) is 5.16 Å². The molecule has 3 heterocycles. The molecule has 27 heavy (non-hydrogen) atoms. The molecule has 1 N–H and O–H groups in total. The molecule has 0 aromatic carbocycles. The molecule has 0 spiro atoms. The molecule has 2 fully saturated rings. The average molecular weight is 376 g/mol. The molecule has 1 unspecified atom stereocenters. The van der Waals surface area contributed by atoms with Crippen LogP contribution >= 0.6 is 0 Å². The SMILES string of the molecule is Cc1cc(NC(=O)C2CCN(C(=O)C3CC(=O)N(C(C)(C)C)C3)CC2)no1. The van der Waals surface area contributed by atoms with Crippen LogP contribution in [0.4, 0.5) is 5.82 Å². The first kappa shape index (κ1) is 19.4. The van der Waals surface area contributed by atoms with Crippen LogP contribution in [0.25, 0.3) is 0 Å². The first-order valence-corrected chi connectivity index (χ1v) is 9.48. The molecular weight excluding hydrogens is 348 g/mol. The molecule has 0 radical (unpaired) electrons. The number of nitrogens with one attached hydrogen (secondary N) is 1. The normalized spacial score (nSPS) is 21.6. The topological polar surface area (TPSA) is 95.8 Å². The van der Waals surface area contributed by atoms with Gasteiger partial charge in [0.05, 0.1) is 5.92 Å². The highest BCUT2D eigenvalue weighted by Crippen LogP contribution is 2.28. The summed E-state index contributed by atoms with van der Waals surface area (Å²) in [6.45, 7) is 9.27. The molecule has 0 saturated carbocycles. The van der Waals surface area contributed by atoms with E-state index in [1.54, 1.807) is 22.8 Å². The Labute approximate surface area is 159 Å². The van der Waals surface area contributed by atoms with Gasteiger partial charge in [0.2, 0.25) is 17.7 Å². The van der Waals surface area contributed by atoms with E-state index in [4.69, 9.17) is 4.52 Å². The number of anilines is 1. The number of carbonyl (C=O) groups excluding carboxylic acids is 3. The fraction of sp³-hybridized carbons (Fsp3) is 0.684. The Morgan fingerprint density at radius 2 is 1.89 bits per heavy atom. The summed E-state index contributed by atoms with van der Waals surface area (Å²) in [5.41, 5.74) is -0.267. The van der Waals surface area contributed by atoms with E-state index in [1.165, 1.54) is 0 Å². The van der Waals surface area contributed by atoms with Gasteiger partial charge in [-0.15, -0.1) is 0 Å². The summed E-state index contributed by atoms with van der Waals surface area (Å²) in [5, 5.41) is 6.53. The van der Waals surface area contributed by atoms with E-state index < -0.39 is 0 Å². The van der Waals surface area contributed by atoms with Gasteiger partial charge in [-0.3, -0.25) is 14.4 Å². The number of hydrogen-bond donors (Lipinski definition) is 1. The van der Waals surface area contributed by atoms with Crippen LogP contribution in [0.5, 0.6) is 0 Å². The third-order valence-corrected chi connectivity index (χ3v) is 5.34. The van der Waals surface area contributed by atoms with Crippen LogP contribution in [0.2, 0.25) is 0 Å². The van der Waals surface area contributed by atoms with Gasteiger partial charge in [0.1, 0.15) is 5.76 Å². The van der Waals surface area contributed by atoms with E-state index in [0.717, 1.165) is 0 Å². The second kappa shape index (κ2) is 7.32. The lowest BCUT2D eigenvalue weighted by atomic mass is 9.94. The number of likely N-dealkylation sites (tertiary alicyclic amines) is 2. The first-order valence-electron chi connectivity index (χ1n) is 9.48. The molecule has 1 aromatic heterocycles. The molecule has 3 amide bonds. The molecule has 1 aromatic rings. The first-order chi connectivity index (χ1) is 12.6. The zero-order valence-electron chi connectivity index (χ0n) is 16.4. The summed E-state index contributed by atoms with van der Waals surface area (Å²) in [4.78, 5) is 41.0. The maximum atomic E-state index is 12.8. The number of carbonyl (C=O) groups is 3. The monoisotopic (exact) mass is 376 g/mol. The fourth-order valence-corrected chi connectivity index (χ4v) is 3.79. The van der Waals surface area contributed by atoms with Gasteiger partial charge < -0.3 is 19.6 Å². The zero-order valence-corrected chi connectivity index (χ0v) is 16.4. The fourth-order valence-electron chi connectivity index (χ4n) is 3.79. The summed E-state index contributed by atoms with van der Waals surface area (Å²) >= 11 is 0. The van der Waals surface area contributed by atoms with Gasteiger partial charge in [0.25, 0.3) is 0 Å². The van der Waals surface area contributed by atoms with Gasteiger partial charge in [-0.25, -0.2) is 0 Å². The molecular formula is C19H28N4O4. The Kier molecular flexibility index (Phi) is 5.26. The molecule has 0 bridgehead atoms. The van der Waals surface area contributed by atoms with Crippen LogP contribution in [-0.4, -0.2) is 57.9 Å². The summed E-state index contributed by atoms with van der Waals surface area (Å²) in [6.07, 6.45) is 1.50. The van der Waals surface area contributed by atoms with Crippen molar-refractivity contribution in [1.29, 1.82) is 0 Å². The second-order valence-corrected chi connectivity index (χ2v) is 8.49. The number of nitrogens with zero attached hydrogens (tertiary/aromatic N) is 3. The average Bonchev–Trinajstić information content (AvgIpc) is 3.19. The highest BCUT2D eigenvalue weighted by atomic mass is 16.5. The highest BCUT2D eigenvalue weighted by Gasteiger charge is 2.41. The van der Waals surface area contributed by atoms with Gasteiger partial charge in [0.15, 0.2) is 5.82 Å². The van der Waals surface area contributed by atoms with Crippen LogP contribution in [0.1, 0.15) is 45.8 Å². The maximum absolute atomic E-state index is 12.8. The lowest BCUT2D eigenvalue weighted by molar-refractivity contribution is -0.138. The lowest BCUT2D eigenvalue weighted by Crippen LogP contribution is -2.46. The predicted molar refractivity (Wildman–Crippen MR) is 98.7 cm³/mol. The van der Waals surface area contributed by atoms with Gasteiger partial charge >= 0.3 is 0 Å². The number of hydrogen-bond acceptors (Lipinski definition) is 5. The molecule has 2 saturated heterocycles. The Bertz CT molecular complexity index is 728. The Morgan fingerprint density at radius 1 is 1.22 bits per heavy atom. The Balaban J connectivity index is 1.51. The summed E-state index contributed by atoms with van der Waals surface area (Å²) in [7, 11) is 0. The molecule has 8 nitrogen and oxygen atoms in total. The van der Waals surface area contributed by atoms with E-state index in [-0.39, 0.29) is 41.5 Å².